The van der Waals surface area contributed by atoms with Crippen LogP contribution in [0.5, 0.6) is 0 Å². The monoisotopic (exact) mass is 462 g/mol. The second-order valence-corrected chi connectivity index (χ2v) is 9.85. The first-order chi connectivity index (χ1) is 17.7. The van der Waals surface area contributed by atoms with Gasteiger partial charge in [-0.15, -0.1) is 0 Å². The number of anilines is 1. The van der Waals surface area contributed by atoms with Gasteiger partial charge in [0.1, 0.15) is 0 Å². The Labute approximate surface area is 210 Å². The molecule has 2 heteroatoms. The largest absolute Gasteiger partial charge is 0.378 e. The van der Waals surface area contributed by atoms with Crippen molar-refractivity contribution >= 4 is 59.9 Å². The third-order valence-corrected chi connectivity index (χ3v) is 7.46. The molecule has 1 aliphatic carbocycles. The second-order valence-electron chi connectivity index (χ2n) is 9.85. The molecule has 1 heterocycles. The Balaban J connectivity index is 1.45. The molecule has 0 radical (unpaired) electrons. The van der Waals surface area contributed by atoms with Gasteiger partial charge in [0.2, 0.25) is 0 Å². The summed E-state index contributed by atoms with van der Waals surface area (Å²) in [5, 5.41) is 10.3. The number of rotatable bonds is 3. The molecule has 0 saturated heterocycles. The van der Waals surface area contributed by atoms with Gasteiger partial charge in [-0.05, 0) is 97.0 Å². The lowest BCUT2D eigenvalue weighted by atomic mass is 9.90. The number of nitrogens with zero attached hydrogens (tertiary/aromatic N) is 2. The van der Waals surface area contributed by atoms with Gasteiger partial charge < -0.3 is 4.90 Å². The summed E-state index contributed by atoms with van der Waals surface area (Å²) >= 11 is 0. The molecule has 0 unspecified atom stereocenters. The fraction of sp³-hybridized carbons (Fsp3) is 0.0882. The summed E-state index contributed by atoms with van der Waals surface area (Å²) in [7, 11) is 4.14. The first-order valence-corrected chi connectivity index (χ1v) is 12.5. The first-order valence-electron chi connectivity index (χ1n) is 12.5. The molecule has 0 bridgehead atoms. The number of hydrogen-bond acceptors (Lipinski definition) is 2. The minimum absolute atomic E-state index is 0.928. The SMILES string of the molecule is CN(C)c1ccnc(C2=CCC=C2c2cccc3cc4ccc5cc6ccccc6cc5c4cc23)c1. The predicted molar refractivity (Wildman–Crippen MR) is 156 cm³/mol. The number of aromatic nitrogens is 1. The van der Waals surface area contributed by atoms with Crippen LogP contribution in [0, 0.1) is 0 Å². The summed E-state index contributed by atoms with van der Waals surface area (Å²) in [5.41, 5.74) is 5.95. The van der Waals surface area contributed by atoms with E-state index in [0.717, 1.165) is 17.8 Å². The van der Waals surface area contributed by atoms with Crippen LogP contribution in [0.3, 0.4) is 0 Å². The van der Waals surface area contributed by atoms with Crippen molar-refractivity contribution in [3.63, 3.8) is 0 Å². The quantitative estimate of drug-likeness (QED) is 0.193. The van der Waals surface area contributed by atoms with Crippen molar-refractivity contribution in [2.45, 2.75) is 6.42 Å². The number of benzene rings is 5. The highest BCUT2D eigenvalue weighted by molar-refractivity contribution is 6.18. The van der Waals surface area contributed by atoms with Crippen molar-refractivity contribution in [2.75, 3.05) is 19.0 Å². The molecule has 1 aromatic heterocycles. The highest BCUT2D eigenvalue weighted by atomic mass is 15.1. The second kappa shape index (κ2) is 8.07. The van der Waals surface area contributed by atoms with Crippen LogP contribution in [0.2, 0.25) is 0 Å². The van der Waals surface area contributed by atoms with Crippen LogP contribution in [-0.2, 0) is 0 Å². The Morgan fingerprint density at radius 2 is 1.25 bits per heavy atom. The first kappa shape index (κ1) is 20.9. The van der Waals surface area contributed by atoms with Crippen LogP contribution in [0.25, 0.3) is 54.2 Å². The average Bonchev–Trinajstić information content (AvgIpc) is 3.40. The highest BCUT2D eigenvalue weighted by Crippen LogP contribution is 2.41. The molecule has 0 aliphatic heterocycles. The van der Waals surface area contributed by atoms with E-state index in [1.54, 1.807) is 0 Å². The van der Waals surface area contributed by atoms with Crippen molar-refractivity contribution in [1.82, 2.24) is 4.98 Å². The normalized spacial score (nSPS) is 13.5. The van der Waals surface area contributed by atoms with E-state index in [9.17, 15) is 0 Å². The zero-order valence-electron chi connectivity index (χ0n) is 20.5. The molecular weight excluding hydrogens is 436 g/mol. The van der Waals surface area contributed by atoms with E-state index >= 15 is 0 Å². The average molecular weight is 463 g/mol. The summed E-state index contributed by atoms with van der Waals surface area (Å²) in [6.07, 6.45) is 7.49. The molecule has 172 valence electrons. The lowest BCUT2D eigenvalue weighted by Gasteiger charge is -2.16. The van der Waals surface area contributed by atoms with Crippen molar-refractivity contribution < 1.29 is 0 Å². The van der Waals surface area contributed by atoms with Crippen LogP contribution in [0.15, 0.2) is 109 Å². The minimum atomic E-state index is 0.928. The number of pyridine rings is 1. The molecule has 6 aromatic rings. The molecule has 0 fully saturated rings. The maximum atomic E-state index is 4.74. The summed E-state index contributed by atoms with van der Waals surface area (Å²) in [6, 6.07) is 33.4. The molecular formula is C34H26N2. The summed E-state index contributed by atoms with van der Waals surface area (Å²) < 4.78 is 0. The van der Waals surface area contributed by atoms with Crippen molar-refractivity contribution in [1.29, 1.82) is 0 Å². The summed E-state index contributed by atoms with van der Waals surface area (Å²) in [5.74, 6) is 0. The topological polar surface area (TPSA) is 16.1 Å². The van der Waals surface area contributed by atoms with E-state index in [2.05, 4.69) is 122 Å². The van der Waals surface area contributed by atoms with E-state index in [-0.39, 0.29) is 0 Å². The number of allylic oxidation sites excluding steroid dienone is 4. The van der Waals surface area contributed by atoms with Gasteiger partial charge in [0, 0.05) is 31.6 Å². The molecule has 1 aliphatic rings. The molecule has 0 atom stereocenters. The van der Waals surface area contributed by atoms with Gasteiger partial charge >= 0.3 is 0 Å². The maximum absolute atomic E-state index is 4.74. The Hall–Kier alpha value is -4.43. The Morgan fingerprint density at radius 1 is 0.583 bits per heavy atom. The van der Waals surface area contributed by atoms with Gasteiger partial charge in [0.25, 0.3) is 0 Å². The molecule has 36 heavy (non-hydrogen) atoms. The minimum Gasteiger partial charge on any atom is -0.378 e. The molecule has 0 N–H and O–H groups in total. The zero-order valence-corrected chi connectivity index (χ0v) is 20.5. The summed E-state index contributed by atoms with van der Waals surface area (Å²) in [4.78, 5) is 6.87. The third-order valence-electron chi connectivity index (χ3n) is 7.46. The lowest BCUT2D eigenvalue weighted by molar-refractivity contribution is 1.11. The fourth-order valence-electron chi connectivity index (χ4n) is 5.61. The van der Waals surface area contributed by atoms with E-state index in [1.165, 1.54) is 59.8 Å². The maximum Gasteiger partial charge on any atom is 0.0725 e. The Bertz CT molecular complexity index is 1890. The predicted octanol–water partition coefficient (Wildman–Crippen LogP) is 8.63. The third kappa shape index (κ3) is 3.30. The standard InChI is InChI=1S/C34H26N2/c1-36(2)27-15-16-35-34(20-27)30-12-6-11-28(30)29-10-5-9-24-18-26-14-13-25-17-22-7-3-4-8-23(22)19-31(25)33(26)21-32(24)29/h3-5,7-21H,6H2,1-2H3. The smallest absolute Gasteiger partial charge is 0.0725 e. The molecule has 0 spiro atoms. The van der Waals surface area contributed by atoms with E-state index in [1.807, 2.05) is 6.20 Å². The van der Waals surface area contributed by atoms with Crippen molar-refractivity contribution in [3.8, 4) is 0 Å². The van der Waals surface area contributed by atoms with Gasteiger partial charge in [0.15, 0.2) is 0 Å². The van der Waals surface area contributed by atoms with Crippen LogP contribution in [0.4, 0.5) is 5.69 Å². The zero-order chi connectivity index (χ0) is 24.2. The summed E-state index contributed by atoms with van der Waals surface area (Å²) in [6.45, 7) is 0. The number of fused-ring (bicyclic) bond motifs is 5. The van der Waals surface area contributed by atoms with Crippen LogP contribution >= 0.6 is 0 Å². The van der Waals surface area contributed by atoms with Gasteiger partial charge in [0.05, 0.1) is 5.69 Å². The molecule has 2 nitrogen and oxygen atoms in total. The van der Waals surface area contributed by atoms with Crippen molar-refractivity contribution in [3.05, 3.63) is 121 Å². The molecule has 5 aromatic carbocycles. The lowest BCUT2D eigenvalue weighted by Crippen LogP contribution is -2.09. The van der Waals surface area contributed by atoms with E-state index in [0.29, 0.717) is 0 Å². The van der Waals surface area contributed by atoms with Crippen LogP contribution < -0.4 is 4.90 Å². The van der Waals surface area contributed by atoms with E-state index in [4.69, 9.17) is 4.98 Å². The Kier molecular flexibility index (Phi) is 4.68. The van der Waals surface area contributed by atoms with Gasteiger partial charge in [-0.2, -0.15) is 0 Å². The van der Waals surface area contributed by atoms with Gasteiger partial charge in [-0.1, -0.05) is 66.7 Å². The van der Waals surface area contributed by atoms with Crippen LogP contribution in [0.1, 0.15) is 17.7 Å². The highest BCUT2D eigenvalue weighted by Gasteiger charge is 2.18. The van der Waals surface area contributed by atoms with Gasteiger partial charge in [-0.3, -0.25) is 4.98 Å². The van der Waals surface area contributed by atoms with E-state index < -0.39 is 0 Å². The Morgan fingerprint density at radius 3 is 2.06 bits per heavy atom. The number of hydrogen-bond donors (Lipinski definition) is 0. The fourth-order valence-corrected chi connectivity index (χ4v) is 5.61. The molecule has 0 saturated carbocycles. The molecule has 0 amide bonds. The van der Waals surface area contributed by atoms with Crippen molar-refractivity contribution in [2.24, 2.45) is 0 Å². The van der Waals surface area contributed by atoms with Crippen LogP contribution in [-0.4, -0.2) is 19.1 Å². The molecule has 7 rings (SSSR count). The van der Waals surface area contributed by atoms with Gasteiger partial charge in [-0.25, -0.2) is 0 Å².